The average molecular weight is 591 g/mol. The summed E-state index contributed by atoms with van der Waals surface area (Å²) < 4.78 is 21.9. The summed E-state index contributed by atoms with van der Waals surface area (Å²) in [6.45, 7) is 4.08. The maximum atomic E-state index is 12.6. The van der Waals surface area contributed by atoms with E-state index in [2.05, 4.69) is 19.2 Å². The van der Waals surface area contributed by atoms with Crippen LogP contribution in [-0.2, 0) is 18.4 Å². The van der Waals surface area contributed by atoms with Gasteiger partial charge in [-0.1, -0.05) is 135 Å². The third kappa shape index (κ3) is 26.2. The summed E-state index contributed by atoms with van der Waals surface area (Å²) in [4.78, 5) is 22.4. The molecule has 8 nitrogen and oxygen atoms in total. The van der Waals surface area contributed by atoms with Gasteiger partial charge in [0.1, 0.15) is 0 Å². The molecule has 0 bridgehead atoms. The first kappa shape index (κ1) is 39.2. The number of aliphatic hydroxyl groups excluding tert-OH is 1. The van der Waals surface area contributed by atoms with Crippen molar-refractivity contribution in [3.63, 3.8) is 0 Å². The summed E-state index contributed by atoms with van der Waals surface area (Å²) in [5.74, 6) is -0.200. The average Bonchev–Trinajstić information content (AvgIpc) is 2.93. The zero-order chi connectivity index (χ0) is 29.7. The van der Waals surface area contributed by atoms with E-state index in [0.29, 0.717) is 6.42 Å². The minimum Gasteiger partial charge on any atom is -0.387 e. The first-order valence-corrected chi connectivity index (χ1v) is 17.8. The summed E-state index contributed by atoms with van der Waals surface area (Å²) in [5.41, 5.74) is 5.33. The van der Waals surface area contributed by atoms with Crippen molar-refractivity contribution in [3.8, 4) is 0 Å². The van der Waals surface area contributed by atoms with Gasteiger partial charge in [-0.25, -0.2) is 4.57 Å². The van der Waals surface area contributed by atoms with Crippen LogP contribution in [0.2, 0.25) is 0 Å². The van der Waals surface area contributed by atoms with Gasteiger partial charge in [0.25, 0.3) is 0 Å². The predicted octanol–water partition coefficient (Wildman–Crippen LogP) is 7.71. The van der Waals surface area contributed by atoms with E-state index in [-0.39, 0.29) is 25.7 Å². The molecule has 1 unspecified atom stereocenters. The molecule has 40 heavy (non-hydrogen) atoms. The quantitative estimate of drug-likeness (QED) is 0.0383. The number of nitrogens with two attached hydrogens (primary N) is 1. The SMILES string of the molecule is CCCCCCCCCCCC/C=C/[C@@H](O)[C@H](COP(=O)(O)OCCN)NC(=O)CCCCCCCCCCC. The lowest BCUT2D eigenvalue weighted by Gasteiger charge is -2.23. The van der Waals surface area contributed by atoms with Gasteiger partial charge < -0.3 is 21.1 Å². The molecule has 0 aromatic heterocycles. The van der Waals surface area contributed by atoms with Crippen LogP contribution in [0.5, 0.6) is 0 Å². The fraction of sp³-hybridized carbons (Fsp3) is 0.903. The molecule has 238 valence electrons. The fourth-order valence-electron chi connectivity index (χ4n) is 4.60. The highest BCUT2D eigenvalue weighted by Crippen LogP contribution is 2.43. The van der Waals surface area contributed by atoms with Gasteiger partial charge in [-0.3, -0.25) is 13.8 Å². The predicted molar refractivity (Wildman–Crippen MR) is 166 cm³/mol. The van der Waals surface area contributed by atoms with E-state index >= 15 is 0 Å². The van der Waals surface area contributed by atoms with Crippen LogP contribution in [0.1, 0.15) is 149 Å². The number of aliphatic hydroxyl groups is 1. The smallest absolute Gasteiger partial charge is 0.387 e. The Balaban J connectivity index is 4.43. The van der Waals surface area contributed by atoms with E-state index in [4.69, 9.17) is 14.8 Å². The van der Waals surface area contributed by atoms with E-state index < -0.39 is 20.0 Å². The summed E-state index contributed by atoms with van der Waals surface area (Å²) >= 11 is 0. The molecule has 0 aliphatic carbocycles. The number of rotatable bonds is 30. The maximum Gasteiger partial charge on any atom is 0.472 e. The van der Waals surface area contributed by atoms with Gasteiger partial charge in [0, 0.05) is 13.0 Å². The molecule has 0 spiro atoms. The van der Waals surface area contributed by atoms with Crippen molar-refractivity contribution >= 4 is 13.7 Å². The molecule has 0 aromatic rings. The van der Waals surface area contributed by atoms with E-state index in [1.165, 1.54) is 89.9 Å². The number of carbonyl (C=O) groups is 1. The number of unbranched alkanes of at least 4 members (excludes halogenated alkanes) is 18. The second-order valence-corrected chi connectivity index (χ2v) is 12.5. The minimum atomic E-state index is -4.32. The molecule has 9 heteroatoms. The lowest BCUT2D eigenvalue weighted by molar-refractivity contribution is -0.123. The molecule has 0 saturated heterocycles. The van der Waals surface area contributed by atoms with Crippen LogP contribution in [-0.4, -0.2) is 47.8 Å². The van der Waals surface area contributed by atoms with Gasteiger partial charge >= 0.3 is 7.82 Å². The molecule has 0 radical (unpaired) electrons. The number of carbonyl (C=O) groups excluding carboxylic acids is 1. The number of nitrogens with one attached hydrogen (secondary N) is 1. The Kier molecular flexibility index (Phi) is 27.8. The monoisotopic (exact) mass is 590 g/mol. The highest BCUT2D eigenvalue weighted by molar-refractivity contribution is 7.47. The molecular formula is C31H63N2O6P. The number of allylic oxidation sites excluding steroid dienone is 1. The van der Waals surface area contributed by atoms with Crippen molar-refractivity contribution in [3.05, 3.63) is 12.2 Å². The number of phosphoric acid groups is 1. The molecule has 0 aliphatic heterocycles. The largest absolute Gasteiger partial charge is 0.472 e. The summed E-state index contributed by atoms with van der Waals surface area (Å²) in [5, 5.41) is 13.5. The first-order valence-electron chi connectivity index (χ1n) is 16.3. The van der Waals surface area contributed by atoms with E-state index in [0.717, 1.165) is 38.5 Å². The molecule has 3 atom stereocenters. The molecule has 0 saturated carbocycles. The molecule has 0 fully saturated rings. The first-order chi connectivity index (χ1) is 19.4. The van der Waals surface area contributed by atoms with Crippen LogP contribution in [0.4, 0.5) is 0 Å². The van der Waals surface area contributed by atoms with E-state index in [9.17, 15) is 19.4 Å². The highest BCUT2D eigenvalue weighted by Gasteiger charge is 2.26. The van der Waals surface area contributed by atoms with Crippen molar-refractivity contribution in [2.24, 2.45) is 5.73 Å². The summed E-state index contributed by atoms with van der Waals surface area (Å²) in [7, 11) is -4.32. The molecule has 5 N–H and O–H groups in total. The molecule has 0 aliphatic rings. The van der Waals surface area contributed by atoms with Gasteiger partial charge in [-0.05, 0) is 19.3 Å². The molecule has 1 amide bonds. The summed E-state index contributed by atoms with van der Waals surface area (Å²) in [6, 6.07) is -0.850. The number of phosphoric ester groups is 1. The van der Waals surface area contributed by atoms with Crippen molar-refractivity contribution in [2.45, 2.75) is 161 Å². The van der Waals surface area contributed by atoms with Crippen molar-refractivity contribution in [2.75, 3.05) is 19.8 Å². The molecule has 0 heterocycles. The third-order valence-electron chi connectivity index (χ3n) is 7.11. The minimum absolute atomic E-state index is 0.0805. The second-order valence-electron chi connectivity index (χ2n) is 11.0. The van der Waals surface area contributed by atoms with E-state index in [1.54, 1.807) is 6.08 Å². The van der Waals surface area contributed by atoms with Crippen molar-refractivity contribution in [1.29, 1.82) is 0 Å². The number of amides is 1. The Morgan fingerprint density at radius 1 is 0.800 bits per heavy atom. The third-order valence-corrected chi connectivity index (χ3v) is 8.10. The van der Waals surface area contributed by atoms with Crippen LogP contribution in [0, 0.1) is 0 Å². The van der Waals surface area contributed by atoms with Crippen LogP contribution < -0.4 is 11.1 Å². The van der Waals surface area contributed by atoms with Crippen LogP contribution >= 0.6 is 7.82 Å². The molecular weight excluding hydrogens is 527 g/mol. The van der Waals surface area contributed by atoms with Crippen LogP contribution in [0.3, 0.4) is 0 Å². The number of hydrogen-bond acceptors (Lipinski definition) is 6. The Morgan fingerprint density at radius 2 is 1.27 bits per heavy atom. The van der Waals surface area contributed by atoms with Crippen LogP contribution in [0.25, 0.3) is 0 Å². The normalized spacial score (nSPS) is 14.8. The van der Waals surface area contributed by atoms with Crippen LogP contribution in [0.15, 0.2) is 12.2 Å². The van der Waals surface area contributed by atoms with E-state index in [1.807, 2.05) is 6.08 Å². The van der Waals surface area contributed by atoms with Crippen molar-refractivity contribution < 1.29 is 28.4 Å². The Morgan fingerprint density at radius 3 is 1.77 bits per heavy atom. The highest BCUT2D eigenvalue weighted by atomic mass is 31.2. The Labute approximate surface area is 245 Å². The van der Waals surface area contributed by atoms with Gasteiger partial charge in [-0.2, -0.15) is 0 Å². The van der Waals surface area contributed by atoms with Gasteiger partial charge in [-0.15, -0.1) is 0 Å². The second kappa shape index (κ2) is 28.4. The van der Waals surface area contributed by atoms with Crippen molar-refractivity contribution in [1.82, 2.24) is 5.32 Å². The Bertz CT molecular complexity index is 649. The van der Waals surface area contributed by atoms with Gasteiger partial charge in [0.2, 0.25) is 5.91 Å². The zero-order valence-corrected chi connectivity index (χ0v) is 26.7. The topological polar surface area (TPSA) is 131 Å². The lowest BCUT2D eigenvalue weighted by Crippen LogP contribution is -2.45. The number of hydrogen-bond donors (Lipinski definition) is 4. The summed E-state index contributed by atoms with van der Waals surface area (Å²) in [6.07, 6.45) is 26.8. The fourth-order valence-corrected chi connectivity index (χ4v) is 5.36. The Hall–Kier alpha value is -0.760. The van der Waals surface area contributed by atoms with Gasteiger partial charge in [0.05, 0.1) is 25.4 Å². The maximum absolute atomic E-state index is 12.6. The molecule has 0 rings (SSSR count). The standard InChI is InChI=1S/C31H63N2O6P/c1-3-5-7-9-11-13-14-15-17-18-20-22-24-30(34)29(28-39-40(36,37)38-27-26-32)33-31(35)25-23-21-19-16-12-10-8-6-4-2/h22,24,29-30,34H,3-21,23,25-28,32H2,1-2H3,(H,33,35)(H,36,37)/b24-22+/t29-,30+/m0/s1. The lowest BCUT2D eigenvalue weighted by atomic mass is 10.1. The molecule has 0 aromatic carbocycles. The van der Waals surface area contributed by atoms with Gasteiger partial charge in [0.15, 0.2) is 0 Å². The zero-order valence-electron chi connectivity index (χ0n) is 25.8.